The van der Waals surface area contributed by atoms with Gasteiger partial charge in [0.15, 0.2) is 0 Å². The van der Waals surface area contributed by atoms with E-state index < -0.39 is 54.1 Å². The van der Waals surface area contributed by atoms with Crippen LogP contribution in [-0.4, -0.2) is 72.6 Å². The Balaban J connectivity index is 0. The first-order valence-corrected chi connectivity index (χ1v) is 12.5. The summed E-state index contributed by atoms with van der Waals surface area (Å²) in [7, 11) is 0. The molecule has 0 radical (unpaired) electrons. The first-order valence-electron chi connectivity index (χ1n) is 12.5. The number of carbonyl (C=O) groups excluding carboxylic acids is 3. The van der Waals surface area contributed by atoms with E-state index >= 15 is 0 Å². The standard InChI is InChI=1S/C26H35F3N6O5.3ClH/c1-2-40-19-9-7-18(8-10-19)33-25(39)22(23(37)16-3-5-17(6-4-16)26(27,28)29)34-24(38)20(32)15-21(36)35(13-11-30)14-12-31;;;/h3-10,20,22-23,37H,2,11-15,30-32H2,1H3,(H,33,39)(H,34,38);3*1H/t20-,22-,23-;;;/m0.../s1. The zero-order valence-corrected chi connectivity index (χ0v) is 25.7. The summed E-state index contributed by atoms with van der Waals surface area (Å²) < 4.78 is 44.3. The van der Waals surface area contributed by atoms with Gasteiger partial charge in [-0.05, 0) is 48.9 Å². The number of aliphatic hydroxyl groups is 1. The van der Waals surface area contributed by atoms with Gasteiger partial charge in [0.05, 0.1) is 24.6 Å². The van der Waals surface area contributed by atoms with E-state index in [2.05, 4.69) is 10.6 Å². The largest absolute Gasteiger partial charge is 0.494 e. The molecule has 0 aromatic heterocycles. The zero-order chi connectivity index (χ0) is 29.9. The van der Waals surface area contributed by atoms with E-state index in [1.165, 1.54) is 17.0 Å². The van der Waals surface area contributed by atoms with Gasteiger partial charge in [-0.25, -0.2) is 0 Å². The van der Waals surface area contributed by atoms with Crippen LogP contribution in [0.2, 0.25) is 0 Å². The van der Waals surface area contributed by atoms with E-state index in [0.717, 1.165) is 24.3 Å². The van der Waals surface area contributed by atoms with Crippen LogP contribution in [0.4, 0.5) is 18.9 Å². The van der Waals surface area contributed by atoms with Crippen LogP contribution < -0.4 is 32.6 Å². The second-order valence-electron chi connectivity index (χ2n) is 8.77. The number of hydrogen-bond acceptors (Lipinski definition) is 8. The van der Waals surface area contributed by atoms with Crippen LogP contribution in [0.5, 0.6) is 5.75 Å². The van der Waals surface area contributed by atoms with E-state index in [1.54, 1.807) is 19.1 Å². The lowest BCUT2D eigenvalue weighted by molar-refractivity contribution is -0.137. The van der Waals surface area contributed by atoms with Crippen LogP contribution in [0.15, 0.2) is 48.5 Å². The summed E-state index contributed by atoms with van der Waals surface area (Å²) in [5, 5.41) is 15.8. The number of amides is 3. The molecule has 17 heteroatoms. The average Bonchev–Trinajstić information content (AvgIpc) is 2.91. The number of hydrogen-bond donors (Lipinski definition) is 6. The number of nitrogens with two attached hydrogens (primary N) is 3. The van der Waals surface area contributed by atoms with Gasteiger partial charge in [-0.1, -0.05) is 12.1 Å². The van der Waals surface area contributed by atoms with E-state index in [9.17, 15) is 32.7 Å². The molecule has 0 aliphatic carbocycles. The van der Waals surface area contributed by atoms with Crippen molar-refractivity contribution in [2.45, 2.75) is 37.7 Å². The number of rotatable bonds is 14. The lowest BCUT2D eigenvalue weighted by Crippen LogP contribution is -2.53. The maximum atomic E-state index is 13.2. The van der Waals surface area contributed by atoms with Gasteiger partial charge in [0.1, 0.15) is 17.9 Å². The zero-order valence-electron chi connectivity index (χ0n) is 23.2. The molecule has 11 nitrogen and oxygen atoms in total. The molecule has 0 saturated heterocycles. The van der Waals surface area contributed by atoms with Crippen LogP contribution >= 0.6 is 37.2 Å². The van der Waals surface area contributed by atoms with E-state index in [1.807, 2.05) is 0 Å². The van der Waals surface area contributed by atoms with Crippen molar-refractivity contribution in [3.63, 3.8) is 0 Å². The fourth-order valence-electron chi connectivity index (χ4n) is 3.71. The second kappa shape index (κ2) is 20.2. The Labute approximate surface area is 266 Å². The minimum atomic E-state index is -4.61. The topological polar surface area (TPSA) is 186 Å². The van der Waals surface area contributed by atoms with Gasteiger partial charge in [0.25, 0.3) is 0 Å². The Morgan fingerprint density at radius 3 is 1.93 bits per heavy atom. The first kappa shape index (κ1) is 42.3. The Hall–Kier alpha value is -2.85. The predicted molar refractivity (Wildman–Crippen MR) is 164 cm³/mol. The minimum Gasteiger partial charge on any atom is -0.494 e. The monoisotopic (exact) mass is 676 g/mol. The smallest absolute Gasteiger partial charge is 0.416 e. The number of ether oxygens (including phenoxy) is 1. The predicted octanol–water partition coefficient (Wildman–Crippen LogP) is 1.99. The summed E-state index contributed by atoms with van der Waals surface area (Å²) >= 11 is 0. The number of halogens is 6. The second-order valence-corrected chi connectivity index (χ2v) is 8.77. The molecular weight excluding hydrogens is 640 g/mol. The van der Waals surface area contributed by atoms with Crippen molar-refractivity contribution in [2.75, 3.05) is 38.1 Å². The molecule has 0 heterocycles. The normalized spacial score (nSPS) is 12.7. The van der Waals surface area contributed by atoms with Gasteiger partial charge in [-0.2, -0.15) is 13.2 Å². The van der Waals surface area contributed by atoms with Crippen molar-refractivity contribution in [1.82, 2.24) is 10.2 Å². The van der Waals surface area contributed by atoms with Gasteiger partial charge < -0.3 is 42.6 Å². The highest BCUT2D eigenvalue weighted by Crippen LogP contribution is 2.30. The highest BCUT2D eigenvalue weighted by molar-refractivity contribution is 5.99. The SMILES string of the molecule is CCOc1ccc(NC(=O)[C@@H](NC(=O)[C@@H](N)CC(=O)N(CCN)CCN)[C@@H](O)c2ccc(C(F)(F)F)cc2)cc1.Cl.Cl.Cl. The summed E-state index contributed by atoms with van der Waals surface area (Å²) in [6.45, 7) is 2.96. The number of carbonyl (C=O) groups is 3. The van der Waals surface area contributed by atoms with Crippen LogP contribution in [0, 0.1) is 0 Å². The maximum Gasteiger partial charge on any atom is 0.416 e. The molecule has 2 aromatic carbocycles. The molecule has 3 atom stereocenters. The number of anilines is 1. The van der Waals surface area contributed by atoms with Crippen molar-refractivity contribution in [3.8, 4) is 5.75 Å². The van der Waals surface area contributed by atoms with Gasteiger partial charge in [-0.3, -0.25) is 14.4 Å². The third-order valence-electron chi connectivity index (χ3n) is 5.79. The molecule has 0 bridgehead atoms. The molecule has 244 valence electrons. The number of benzene rings is 2. The van der Waals surface area contributed by atoms with Gasteiger partial charge in [0.2, 0.25) is 17.7 Å². The van der Waals surface area contributed by atoms with Gasteiger partial charge >= 0.3 is 6.18 Å². The van der Waals surface area contributed by atoms with E-state index in [0.29, 0.717) is 18.0 Å². The highest BCUT2D eigenvalue weighted by Gasteiger charge is 2.34. The molecule has 0 unspecified atom stereocenters. The fourth-order valence-corrected chi connectivity index (χ4v) is 3.71. The summed E-state index contributed by atoms with van der Waals surface area (Å²) in [5.41, 5.74) is 16.2. The molecule has 0 spiro atoms. The van der Waals surface area contributed by atoms with E-state index in [-0.39, 0.29) is 69.0 Å². The van der Waals surface area contributed by atoms with E-state index in [4.69, 9.17) is 21.9 Å². The summed E-state index contributed by atoms with van der Waals surface area (Å²) in [6, 6.07) is 6.64. The molecular formula is C26H38Cl3F3N6O5. The Morgan fingerprint density at radius 1 is 0.930 bits per heavy atom. The molecule has 2 aromatic rings. The maximum absolute atomic E-state index is 13.2. The Kier molecular flexibility index (Phi) is 19.8. The van der Waals surface area contributed by atoms with Crippen LogP contribution in [-0.2, 0) is 20.6 Å². The van der Waals surface area contributed by atoms with Crippen LogP contribution in [0.1, 0.15) is 30.6 Å². The fraction of sp³-hybridized carbons (Fsp3) is 0.423. The molecule has 43 heavy (non-hydrogen) atoms. The molecule has 0 aliphatic heterocycles. The average molecular weight is 678 g/mol. The van der Waals surface area contributed by atoms with Gasteiger partial charge in [-0.15, -0.1) is 37.2 Å². The molecule has 0 fully saturated rings. The van der Waals surface area contributed by atoms with Crippen LogP contribution in [0.25, 0.3) is 0 Å². The van der Waals surface area contributed by atoms with Gasteiger partial charge in [0, 0.05) is 31.9 Å². The lowest BCUT2D eigenvalue weighted by atomic mass is 9.99. The summed E-state index contributed by atoms with van der Waals surface area (Å²) in [5.74, 6) is -1.76. The van der Waals surface area contributed by atoms with Crippen molar-refractivity contribution in [1.29, 1.82) is 0 Å². The number of aliphatic hydroxyl groups excluding tert-OH is 1. The molecule has 2 rings (SSSR count). The molecule has 0 aliphatic rings. The quantitative estimate of drug-likeness (QED) is 0.175. The Morgan fingerprint density at radius 2 is 1.47 bits per heavy atom. The first-order chi connectivity index (χ1) is 18.9. The molecule has 9 N–H and O–H groups in total. The third kappa shape index (κ3) is 13.1. The third-order valence-corrected chi connectivity index (χ3v) is 5.79. The van der Waals surface area contributed by atoms with Crippen molar-refractivity contribution >= 4 is 60.6 Å². The summed E-state index contributed by atoms with van der Waals surface area (Å²) in [6.07, 6.45) is -6.80. The van der Waals surface area contributed by atoms with Crippen LogP contribution in [0.3, 0.4) is 0 Å². The lowest BCUT2D eigenvalue weighted by Gasteiger charge is -2.26. The minimum absolute atomic E-state index is 0. The summed E-state index contributed by atoms with van der Waals surface area (Å²) in [4.78, 5) is 40.0. The Bertz CT molecular complexity index is 1130. The molecule has 3 amide bonds. The van der Waals surface area contributed by atoms with Crippen molar-refractivity contribution < 1.29 is 37.4 Å². The molecule has 0 saturated carbocycles. The van der Waals surface area contributed by atoms with Crippen molar-refractivity contribution in [2.24, 2.45) is 17.2 Å². The number of nitrogens with one attached hydrogen (secondary N) is 2. The highest BCUT2D eigenvalue weighted by atomic mass is 35.5. The number of alkyl halides is 3. The number of nitrogens with zero attached hydrogens (tertiary/aromatic N) is 1. The van der Waals surface area contributed by atoms with Crippen molar-refractivity contribution in [3.05, 3.63) is 59.7 Å².